The molecule has 2 heterocycles. The maximum atomic E-state index is 12.6. The van der Waals surface area contributed by atoms with Crippen molar-refractivity contribution in [2.24, 2.45) is 22.8 Å². The fourth-order valence-corrected chi connectivity index (χ4v) is 3.04. The molecule has 1 aliphatic heterocycles. The van der Waals surface area contributed by atoms with Gasteiger partial charge < -0.3 is 19.8 Å². The van der Waals surface area contributed by atoms with Crippen molar-refractivity contribution in [3.63, 3.8) is 0 Å². The first kappa shape index (κ1) is 18.8. The highest BCUT2D eigenvalue weighted by molar-refractivity contribution is 5.93. The van der Waals surface area contributed by atoms with Gasteiger partial charge in [0, 0.05) is 43.8 Å². The van der Waals surface area contributed by atoms with Crippen molar-refractivity contribution in [3.8, 4) is 16.9 Å². The second kappa shape index (κ2) is 8.64. The molecule has 1 aliphatic rings. The first-order valence-electron chi connectivity index (χ1n) is 8.87. The lowest BCUT2D eigenvalue weighted by Gasteiger charge is -2.18. The number of hydrogen-bond donors (Lipinski definition) is 1. The lowest BCUT2D eigenvalue weighted by molar-refractivity contribution is 0.0871. The molecule has 0 radical (unpaired) electrons. The summed E-state index contributed by atoms with van der Waals surface area (Å²) in [5.74, 6) is 0.874. The summed E-state index contributed by atoms with van der Waals surface area (Å²) < 4.78 is 12.2. The number of pyridine rings is 1. The molecule has 0 unspecified atom stereocenters. The molecule has 1 saturated heterocycles. The average molecular weight is 368 g/mol. The molecule has 0 bridgehead atoms. The molecule has 7 nitrogen and oxygen atoms in total. The molecule has 142 valence electrons. The van der Waals surface area contributed by atoms with Crippen molar-refractivity contribution in [3.05, 3.63) is 52.4 Å². The number of nitrogens with zero attached hydrogens (tertiary/aromatic N) is 3. The van der Waals surface area contributed by atoms with Crippen LogP contribution in [-0.4, -0.2) is 43.1 Å². The molecule has 0 amide bonds. The van der Waals surface area contributed by atoms with Crippen LogP contribution in [0.1, 0.15) is 18.4 Å². The van der Waals surface area contributed by atoms with Gasteiger partial charge in [0.15, 0.2) is 0 Å². The smallest absolute Gasteiger partial charge is 0.258 e. The van der Waals surface area contributed by atoms with Crippen LogP contribution in [0.5, 0.6) is 5.75 Å². The zero-order valence-electron chi connectivity index (χ0n) is 15.6. The highest BCUT2D eigenvalue weighted by atomic mass is 16.5. The van der Waals surface area contributed by atoms with Gasteiger partial charge in [0.2, 0.25) is 5.96 Å². The van der Waals surface area contributed by atoms with Gasteiger partial charge in [-0.25, -0.2) is 9.98 Å². The predicted octanol–water partition coefficient (Wildman–Crippen LogP) is 1.97. The fraction of sp³-hybridized carbons (Fsp3) is 0.350. The number of aliphatic imine (C=N–C) groups is 2. The van der Waals surface area contributed by atoms with E-state index in [1.807, 2.05) is 24.3 Å². The van der Waals surface area contributed by atoms with Gasteiger partial charge in [0.05, 0.1) is 18.7 Å². The highest BCUT2D eigenvalue weighted by Crippen LogP contribution is 2.27. The number of guanidine groups is 1. The molecule has 2 N–H and O–H groups in total. The minimum absolute atomic E-state index is 0.111. The third-order valence-electron chi connectivity index (χ3n) is 4.45. The molecule has 0 atom stereocenters. The average Bonchev–Trinajstić information content (AvgIpc) is 2.69. The van der Waals surface area contributed by atoms with E-state index in [9.17, 15) is 4.79 Å². The first-order chi connectivity index (χ1) is 13.1. The van der Waals surface area contributed by atoms with Gasteiger partial charge in [-0.1, -0.05) is 18.2 Å². The van der Waals surface area contributed by atoms with Gasteiger partial charge in [0.25, 0.3) is 5.56 Å². The Labute approximate surface area is 158 Å². The number of rotatable bonds is 4. The summed E-state index contributed by atoms with van der Waals surface area (Å²) in [6.45, 7) is 1.41. The highest BCUT2D eigenvalue weighted by Gasteiger charge is 2.13. The van der Waals surface area contributed by atoms with E-state index in [4.69, 9.17) is 15.2 Å². The van der Waals surface area contributed by atoms with E-state index in [1.165, 1.54) is 4.57 Å². The normalized spacial score (nSPS) is 16.0. The molecule has 1 aromatic heterocycles. The van der Waals surface area contributed by atoms with Crippen LogP contribution in [0.3, 0.4) is 0 Å². The second-order valence-electron chi connectivity index (χ2n) is 6.39. The van der Waals surface area contributed by atoms with Crippen molar-refractivity contribution in [1.29, 1.82) is 0 Å². The summed E-state index contributed by atoms with van der Waals surface area (Å²) in [5, 5.41) is 0. The van der Waals surface area contributed by atoms with Crippen molar-refractivity contribution in [1.82, 2.24) is 4.57 Å². The Morgan fingerprint density at radius 3 is 2.78 bits per heavy atom. The minimum atomic E-state index is -0.111. The van der Waals surface area contributed by atoms with Crippen LogP contribution in [0, 0.1) is 0 Å². The van der Waals surface area contributed by atoms with Crippen LogP contribution >= 0.6 is 0 Å². The van der Waals surface area contributed by atoms with Gasteiger partial charge in [0.1, 0.15) is 5.75 Å². The third-order valence-corrected chi connectivity index (χ3v) is 4.45. The molecule has 0 aliphatic carbocycles. The Bertz CT molecular complexity index is 912. The van der Waals surface area contributed by atoms with E-state index in [1.54, 1.807) is 32.6 Å². The molecule has 1 fully saturated rings. The van der Waals surface area contributed by atoms with Crippen molar-refractivity contribution in [2.75, 3.05) is 20.3 Å². The number of hydrogen-bond acceptors (Lipinski definition) is 4. The van der Waals surface area contributed by atoms with Crippen LogP contribution in [0.2, 0.25) is 0 Å². The molecular formula is C20H24N4O3. The van der Waals surface area contributed by atoms with Gasteiger partial charge >= 0.3 is 0 Å². The number of benzene rings is 1. The quantitative estimate of drug-likeness (QED) is 0.660. The zero-order valence-corrected chi connectivity index (χ0v) is 15.6. The number of ether oxygens (including phenoxy) is 2. The van der Waals surface area contributed by atoms with Gasteiger partial charge in [-0.3, -0.25) is 4.79 Å². The molecule has 3 rings (SSSR count). The number of methoxy groups -OCH3 is 1. The lowest BCUT2D eigenvalue weighted by Crippen LogP contribution is -2.22. The van der Waals surface area contributed by atoms with Crippen LogP contribution in [0.4, 0.5) is 0 Å². The predicted molar refractivity (Wildman–Crippen MR) is 107 cm³/mol. The van der Waals surface area contributed by atoms with Crippen LogP contribution in [0.25, 0.3) is 11.1 Å². The first-order valence-corrected chi connectivity index (χ1v) is 8.87. The lowest BCUT2D eigenvalue weighted by atomic mass is 10.0. The molecular weight excluding hydrogens is 344 g/mol. The van der Waals surface area contributed by atoms with Crippen molar-refractivity contribution < 1.29 is 9.47 Å². The van der Waals surface area contributed by atoms with E-state index in [0.717, 1.165) is 24.0 Å². The molecule has 1 aromatic carbocycles. The summed E-state index contributed by atoms with van der Waals surface area (Å²) in [6, 6.07) is 9.36. The number of para-hydroxylation sites is 1. The zero-order chi connectivity index (χ0) is 19.2. The van der Waals surface area contributed by atoms with E-state index in [0.29, 0.717) is 24.5 Å². The maximum Gasteiger partial charge on any atom is 0.258 e. The Morgan fingerprint density at radius 1 is 1.30 bits per heavy atom. The molecule has 0 saturated carbocycles. The van der Waals surface area contributed by atoms with Gasteiger partial charge in [-0.05, 0) is 25.0 Å². The largest absolute Gasteiger partial charge is 0.496 e. The minimum Gasteiger partial charge on any atom is -0.496 e. The van der Waals surface area contributed by atoms with Gasteiger partial charge in [-0.2, -0.15) is 0 Å². The number of aryl methyl sites for hydroxylation is 1. The summed E-state index contributed by atoms with van der Waals surface area (Å²) >= 11 is 0. The van der Waals surface area contributed by atoms with Crippen LogP contribution < -0.4 is 16.0 Å². The molecule has 0 spiro atoms. The van der Waals surface area contributed by atoms with Crippen molar-refractivity contribution in [2.45, 2.75) is 18.9 Å². The fourth-order valence-electron chi connectivity index (χ4n) is 3.04. The Kier molecular flexibility index (Phi) is 6.03. The summed E-state index contributed by atoms with van der Waals surface area (Å²) in [5.41, 5.74) is 7.86. The van der Waals surface area contributed by atoms with Gasteiger partial charge in [-0.15, -0.1) is 0 Å². The van der Waals surface area contributed by atoms with E-state index < -0.39 is 0 Å². The van der Waals surface area contributed by atoms with Crippen molar-refractivity contribution >= 4 is 12.2 Å². The van der Waals surface area contributed by atoms with E-state index >= 15 is 0 Å². The Morgan fingerprint density at radius 2 is 2.04 bits per heavy atom. The summed E-state index contributed by atoms with van der Waals surface area (Å²) in [7, 11) is 3.29. The van der Waals surface area contributed by atoms with E-state index in [2.05, 4.69) is 9.98 Å². The van der Waals surface area contributed by atoms with Crippen LogP contribution in [-0.2, 0) is 11.8 Å². The topological polar surface area (TPSA) is 91.2 Å². The third kappa shape index (κ3) is 4.62. The number of nitrogens with two attached hydrogens (primary N) is 1. The molecule has 7 heteroatoms. The Balaban J connectivity index is 1.90. The van der Waals surface area contributed by atoms with E-state index in [-0.39, 0.29) is 17.6 Å². The number of aromatic nitrogens is 1. The summed E-state index contributed by atoms with van der Waals surface area (Å²) in [6.07, 6.45) is 5.05. The maximum absolute atomic E-state index is 12.6. The summed E-state index contributed by atoms with van der Waals surface area (Å²) in [4.78, 5) is 21.3. The van der Waals surface area contributed by atoms with Crippen LogP contribution in [0.15, 0.2) is 51.3 Å². The Hall–Kier alpha value is -2.93. The molecule has 2 aromatic rings. The monoisotopic (exact) mass is 368 g/mol. The molecule has 27 heavy (non-hydrogen) atoms. The second-order valence-corrected chi connectivity index (χ2v) is 6.39. The SMILES string of the molecule is COc1ccccc1-c1cc(/C=N\C(N)=NC2CCOCC2)cn(C)c1=O. The standard InChI is InChI=1S/C20H24N4O3/c1-24-13-14(12-22-20(21)23-15-7-9-27-10-8-15)11-17(19(24)25)16-5-3-4-6-18(16)26-2/h3-6,11-13,15H,7-10H2,1-2H3,(H2,21,23)/b22-12-.